The van der Waals surface area contributed by atoms with Gasteiger partial charge in [-0.1, -0.05) is 84.9 Å². The maximum atomic E-state index is 5.58. The summed E-state index contributed by atoms with van der Waals surface area (Å²) in [4.78, 5) is 0. The highest BCUT2D eigenvalue weighted by Gasteiger charge is 2.19. The minimum Gasteiger partial charge on any atom is -0.496 e. The number of hydrogen-bond donors (Lipinski definition) is 0. The molecule has 0 aromatic heterocycles. The number of ether oxygens (including phenoxy) is 1. The van der Waals surface area contributed by atoms with Crippen molar-refractivity contribution in [2.45, 2.75) is 0 Å². The summed E-state index contributed by atoms with van der Waals surface area (Å²) in [5, 5.41) is 6.52. The van der Waals surface area contributed by atoms with Crippen molar-refractivity contribution in [1.82, 2.24) is 0 Å². The quantitative estimate of drug-likeness (QED) is 0.492. The SMILES string of the molecule is COc1ccc(P(c2ccccc2)c2ccccc2)c2ccccc12. The number of methoxy groups -OCH3 is 1. The van der Waals surface area contributed by atoms with Crippen LogP contribution in [0.5, 0.6) is 5.75 Å². The molecule has 0 amide bonds. The van der Waals surface area contributed by atoms with Gasteiger partial charge in [0.25, 0.3) is 0 Å². The lowest BCUT2D eigenvalue weighted by atomic mass is 10.1. The molecule has 122 valence electrons. The lowest BCUT2D eigenvalue weighted by Gasteiger charge is -2.21. The average molecular weight is 342 g/mol. The summed E-state index contributed by atoms with van der Waals surface area (Å²) in [6.07, 6.45) is 0. The van der Waals surface area contributed by atoms with E-state index < -0.39 is 7.92 Å². The van der Waals surface area contributed by atoms with Crippen LogP contribution < -0.4 is 20.7 Å². The number of hydrogen-bond acceptors (Lipinski definition) is 1. The summed E-state index contributed by atoms with van der Waals surface area (Å²) in [6, 6.07) is 34.4. The van der Waals surface area contributed by atoms with E-state index in [1.807, 2.05) is 0 Å². The molecular weight excluding hydrogens is 323 g/mol. The third-order valence-corrected chi connectivity index (χ3v) is 6.85. The number of benzene rings is 4. The van der Waals surface area contributed by atoms with E-state index in [0.29, 0.717) is 0 Å². The molecule has 1 nitrogen and oxygen atoms in total. The fraction of sp³-hybridized carbons (Fsp3) is 0.0435. The summed E-state index contributed by atoms with van der Waals surface area (Å²) in [5.74, 6) is 0.926. The van der Waals surface area contributed by atoms with Crippen molar-refractivity contribution in [2.24, 2.45) is 0 Å². The Morgan fingerprint density at radius 1 is 0.560 bits per heavy atom. The van der Waals surface area contributed by atoms with Crippen LogP contribution in [0.1, 0.15) is 0 Å². The van der Waals surface area contributed by atoms with E-state index in [-0.39, 0.29) is 0 Å². The first-order valence-corrected chi connectivity index (χ1v) is 9.68. The normalized spacial score (nSPS) is 11.0. The molecule has 25 heavy (non-hydrogen) atoms. The molecule has 4 rings (SSSR count). The van der Waals surface area contributed by atoms with Crippen molar-refractivity contribution >= 4 is 34.6 Å². The highest BCUT2D eigenvalue weighted by Crippen LogP contribution is 2.37. The van der Waals surface area contributed by atoms with Crippen LogP contribution in [0, 0.1) is 0 Å². The second-order valence-electron chi connectivity index (χ2n) is 5.84. The molecule has 0 aliphatic carbocycles. The molecule has 0 spiro atoms. The van der Waals surface area contributed by atoms with Gasteiger partial charge in [0.05, 0.1) is 7.11 Å². The summed E-state index contributed by atoms with van der Waals surface area (Å²) in [7, 11) is 1.12. The molecule has 0 saturated heterocycles. The largest absolute Gasteiger partial charge is 0.496 e. The molecule has 0 heterocycles. The van der Waals surface area contributed by atoms with Crippen LogP contribution in [0.25, 0.3) is 10.8 Å². The van der Waals surface area contributed by atoms with E-state index in [1.54, 1.807) is 7.11 Å². The zero-order valence-electron chi connectivity index (χ0n) is 14.1. The van der Waals surface area contributed by atoms with Crippen molar-refractivity contribution in [3.8, 4) is 5.75 Å². The predicted octanol–water partition coefficient (Wildman–Crippen LogP) is 4.61. The Hall–Kier alpha value is -2.63. The first-order chi connectivity index (χ1) is 12.4. The summed E-state index contributed by atoms with van der Waals surface area (Å²) in [6.45, 7) is 0. The van der Waals surface area contributed by atoms with Crippen molar-refractivity contribution < 1.29 is 4.74 Å². The van der Waals surface area contributed by atoms with Crippen molar-refractivity contribution in [1.29, 1.82) is 0 Å². The van der Waals surface area contributed by atoms with Gasteiger partial charge in [-0.15, -0.1) is 0 Å². The summed E-state index contributed by atoms with van der Waals surface area (Å²) >= 11 is 0. The Bertz CT molecular complexity index is 941. The monoisotopic (exact) mass is 342 g/mol. The summed E-state index contributed by atoms with van der Waals surface area (Å²) < 4.78 is 5.58. The first kappa shape index (κ1) is 15.9. The molecular formula is C23H19OP. The van der Waals surface area contributed by atoms with Crippen LogP contribution in [0.4, 0.5) is 0 Å². The zero-order chi connectivity index (χ0) is 17.1. The van der Waals surface area contributed by atoms with Gasteiger partial charge in [0, 0.05) is 5.39 Å². The molecule has 0 radical (unpaired) electrons. The molecule has 0 unspecified atom stereocenters. The lowest BCUT2D eigenvalue weighted by Crippen LogP contribution is -2.21. The van der Waals surface area contributed by atoms with E-state index >= 15 is 0 Å². The van der Waals surface area contributed by atoms with Crippen LogP contribution in [-0.2, 0) is 0 Å². The van der Waals surface area contributed by atoms with Gasteiger partial charge in [-0.2, -0.15) is 0 Å². The molecule has 0 N–H and O–H groups in total. The van der Waals surface area contributed by atoms with E-state index in [9.17, 15) is 0 Å². The van der Waals surface area contributed by atoms with Crippen molar-refractivity contribution in [3.05, 3.63) is 97.1 Å². The highest BCUT2D eigenvalue weighted by atomic mass is 31.1. The molecule has 0 bridgehead atoms. The highest BCUT2D eigenvalue weighted by molar-refractivity contribution is 7.80. The van der Waals surface area contributed by atoms with Crippen molar-refractivity contribution in [3.63, 3.8) is 0 Å². The van der Waals surface area contributed by atoms with Gasteiger partial charge in [-0.25, -0.2) is 0 Å². The second kappa shape index (κ2) is 7.09. The van der Waals surface area contributed by atoms with Gasteiger partial charge in [-0.05, 0) is 41.4 Å². The maximum absolute atomic E-state index is 5.58. The number of rotatable bonds is 4. The van der Waals surface area contributed by atoms with Crippen LogP contribution in [-0.4, -0.2) is 7.11 Å². The molecule has 0 fully saturated rings. The molecule has 0 atom stereocenters. The molecule has 0 aliphatic rings. The topological polar surface area (TPSA) is 9.23 Å². The Morgan fingerprint density at radius 2 is 1.08 bits per heavy atom. The van der Waals surface area contributed by atoms with E-state index in [0.717, 1.165) is 5.75 Å². The van der Waals surface area contributed by atoms with Gasteiger partial charge < -0.3 is 4.74 Å². The van der Waals surface area contributed by atoms with Crippen LogP contribution in [0.3, 0.4) is 0 Å². The van der Waals surface area contributed by atoms with Crippen LogP contribution in [0.15, 0.2) is 97.1 Å². The molecule has 4 aromatic rings. The molecule has 4 aromatic carbocycles. The van der Waals surface area contributed by atoms with Gasteiger partial charge in [0.1, 0.15) is 5.75 Å². The van der Waals surface area contributed by atoms with E-state index in [1.165, 1.54) is 26.7 Å². The van der Waals surface area contributed by atoms with E-state index in [2.05, 4.69) is 97.1 Å². The molecule has 0 aliphatic heterocycles. The fourth-order valence-electron chi connectivity index (χ4n) is 3.21. The lowest BCUT2D eigenvalue weighted by molar-refractivity contribution is 0.420. The maximum Gasteiger partial charge on any atom is 0.126 e. The zero-order valence-corrected chi connectivity index (χ0v) is 15.0. The van der Waals surface area contributed by atoms with Gasteiger partial charge in [-0.3, -0.25) is 0 Å². The Labute approximate surface area is 149 Å². The summed E-state index contributed by atoms with van der Waals surface area (Å²) in [5.41, 5.74) is 0. The average Bonchev–Trinajstić information content (AvgIpc) is 2.70. The smallest absolute Gasteiger partial charge is 0.126 e. The standard InChI is InChI=1S/C23H19OP/c1-24-22-16-17-23(21-15-9-8-14-20(21)22)25(18-10-4-2-5-11-18)19-12-6-3-7-13-19/h2-17H,1H3. The van der Waals surface area contributed by atoms with Crippen LogP contribution >= 0.6 is 7.92 Å². The van der Waals surface area contributed by atoms with Crippen molar-refractivity contribution in [2.75, 3.05) is 7.11 Å². The predicted molar refractivity (Wildman–Crippen MR) is 109 cm³/mol. The van der Waals surface area contributed by atoms with Gasteiger partial charge in [0.15, 0.2) is 0 Å². The minimum absolute atomic E-state index is 0.619. The fourth-order valence-corrected chi connectivity index (χ4v) is 5.66. The minimum atomic E-state index is -0.619. The Kier molecular flexibility index (Phi) is 4.50. The molecule has 0 saturated carbocycles. The van der Waals surface area contributed by atoms with Gasteiger partial charge >= 0.3 is 0 Å². The first-order valence-electron chi connectivity index (χ1n) is 8.34. The third-order valence-electron chi connectivity index (χ3n) is 4.35. The third kappa shape index (κ3) is 3.04. The van der Waals surface area contributed by atoms with Crippen LogP contribution in [0.2, 0.25) is 0 Å². The second-order valence-corrected chi connectivity index (χ2v) is 8.02. The van der Waals surface area contributed by atoms with E-state index in [4.69, 9.17) is 4.74 Å². The van der Waals surface area contributed by atoms with Gasteiger partial charge in [0.2, 0.25) is 0 Å². The Balaban J connectivity index is 1.99. The Morgan fingerprint density at radius 3 is 1.64 bits per heavy atom. The molecule has 2 heteroatoms. The number of fused-ring (bicyclic) bond motifs is 1.